The van der Waals surface area contributed by atoms with Crippen LogP contribution in [0.5, 0.6) is 0 Å². The van der Waals surface area contributed by atoms with Crippen molar-refractivity contribution in [2.75, 3.05) is 6.54 Å². The molecule has 3 N–H and O–H groups in total. The number of nitrogens with two attached hydrogens (primary N) is 1. The maximum atomic E-state index is 11.5. The molecule has 0 bridgehead atoms. The van der Waals surface area contributed by atoms with Gasteiger partial charge in [-0.15, -0.1) is 0 Å². The molecule has 0 spiro atoms. The van der Waals surface area contributed by atoms with E-state index in [9.17, 15) is 19.2 Å². The van der Waals surface area contributed by atoms with Crippen LogP contribution in [0.25, 0.3) is 0 Å². The first kappa shape index (κ1) is 13.9. The summed E-state index contributed by atoms with van der Waals surface area (Å²) in [6.45, 7) is 2.92. The monoisotopic (exact) mass is 253 g/mol. The highest BCUT2D eigenvalue weighted by Gasteiger charge is 2.28. The Balaban J connectivity index is 2.45. The third-order valence-electron chi connectivity index (χ3n) is 2.53. The topological polar surface area (TPSA) is 110 Å². The zero-order chi connectivity index (χ0) is 13.9. The summed E-state index contributed by atoms with van der Waals surface area (Å²) in [6, 6.07) is 0. The number of carbonyl (C=O) groups excluding carboxylic acids is 4. The predicted octanol–water partition coefficient (Wildman–Crippen LogP) is -1.32. The van der Waals surface area contributed by atoms with Gasteiger partial charge in [-0.05, 0) is 13.8 Å². The molecule has 1 rings (SSSR count). The maximum Gasteiger partial charge on any atom is 0.253 e. The fraction of sp³-hybridized carbons (Fsp3) is 0.455. The number of hydrogen-bond donors (Lipinski definition) is 2. The fourth-order valence-electron chi connectivity index (χ4n) is 1.34. The lowest BCUT2D eigenvalue weighted by atomic mass is 10.1. The minimum atomic E-state index is -1.16. The SMILES string of the molecule is CC(C)(NC(=O)CCN1C(=O)C=CC1=O)C(N)=O. The van der Waals surface area contributed by atoms with Gasteiger partial charge in [-0.1, -0.05) is 0 Å². The Bertz CT molecular complexity index is 422. The zero-order valence-electron chi connectivity index (χ0n) is 10.2. The molecule has 98 valence electrons. The van der Waals surface area contributed by atoms with Gasteiger partial charge in [-0.25, -0.2) is 0 Å². The molecule has 0 aromatic rings. The second-order valence-corrected chi connectivity index (χ2v) is 4.45. The summed E-state index contributed by atoms with van der Waals surface area (Å²) in [5.41, 5.74) is 3.94. The van der Waals surface area contributed by atoms with Crippen molar-refractivity contribution in [1.82, 2.24) is 10.2 Å². The molecule has 7 heteroatoms. The molecule has 0 atom stereocenters. The Morgan fingerprint density at radius 1 is 1.28 bits per heavy atom. The Kier molecular flexibility index (Phi) is 3.85. The largest absolute Gasteiger partial charge is 0.368 e. The van der Waals surface area contributed by atoms with Gasteiger partial charge in [0, 0.05) is 25.1 Å². The Morgan fingerprint density at radius 3 is 2.22 bits per heavy atom. The highest BCUT2D eigenvalue weighted by molar-refractivity contribution is 6.13. The number of nitrogens with zero attached hydrogens (tertiary/aromatic N) is 1. The van der Waals surface area contributed by atoms with Crippen LogP contribution in [-0.2, 0) is 19.2 Å². The molecule has 0 aromatic carbocycles. The summed E-state index contributed by atoms with van der Waals surface area (Å²) < 4.78 is 0. The normalized spacial score (nSPS) is 15.1. The zero-order valence-corrected chi connectivity index (χ0v) is 10.2. The van der Waals surface area contributed by atoms with Gasteiger partial charge in [0.1, 0.15) is 5.54 Å². The van der Waals surface area contributed by atoms with Gasteiger partial charge in [0.05, 0.1) is 0 Å². The lowest BCUT2D eigenvalue weighted by molar-refractivity contribution is -0.137. The summed E-state index contributed by atoms with van der Waals surface area (Å²) in [6.07, 6.45) is 2.22. The summed E-state index contributed by atoms with van der Waals surface area (Å²) in [7, 11) is 0. The van der Waals surface area contributed by atoms with Crippen LogP contribution in [0.2, 0.25) is 0 Å². The van der Waals surface area contributed by atoms with Crippen molar-refractivity contribution in [3.63, 3.8) is 0 Å². The summed E-state index contributed by atoms with van der Waals surface area (Å²) in [5, 5.41) is 2.43. The van der Waals surface area contributed by atoms with Crippen molar-refractivity contribution in [2.24, 2.45) is 5.73 Å². The van der Waals surface area contributed by atoms with Crippen LogP contribution in [0.4, 0.5) is 0 Å². The van der Waals surface area contributed by atoms with Crippen molar-refractivity contribution in [3.8, 4) is 0 Å². The second-order valence-electron chi connectivity index (χ2n) is 4.45. The summed E-state index contributed by atoms with van der Waals surface area (Å²) in [4.78, 5) is 45.9. The molecule has 18 heavy (non-hydrogen) atoms. The van der Waals surface area contributed by atoms with Gasteiger partial charge in [0.25, 0.3) is 11.8 Å². The Morgan fingerprint density at radius 2 is 1.78 bits per heavy atom. The highest BCUT2D eigenvalue weighted by atomic mass is 16.2. The molecule has 1 aliphatic heterocycles. The van der Waals surface area contributed by atoms with Crippen LogP contribution in [-0.4, -0.2) is 40.6 Å². The van der Waals surface area contributed by atoms with E-state index in [1.807, 2.05) is 0 Å². The number of imide groups is 1. The van der Waals surface area contributed by atoms with Gasteiger partial charge in [0.2, 0.25) is 11.8 Å². The molecule has 0 radical (unpaired) electrons. The number of nitrogens with one attached hydrogen (secondary N) is 1. The summed E-state index contributed by atoms with van der Waals surface area (Å²) >= 11 is 0. The molecule has 4 amide bonds. The summed E-state index contributed by atoms with van der Waals surface area (Å²) in [5.74, 6) is -2.00. The van der Waals surface area contributed by atoms with Gasteiger partial charge in [-0.3, -0.25) is 24.1 Å². The molecular weight excluding hydrogens is 238 g/mol. The average Bonchev–Trinajstić information content (AvgIpc) is 2.55. The molecule has 0 fully saturated rings. The molecule has 7 nitrogen and oxygen atoms in total. The van der Waals surface area contributed by atoms with E-state index in [0.717, 1.165) is 17.1 Å². The molecule has 1 heterocycles. The van der Waals surface area contributed by atoms with Gasteiger partial charge < -0.3 is 11.1 Å². The predicted molar refractivity (Wildman–Crippen MR) is 61.9 cm³/mol. The third kappa shape index (κ3) is 3.16. The minimum absolute atomic E-state index is 0.0225. The van der Waals surface area contributed by atoms with E-state index in [4.69, 9.17) is 5.73 Å². The van der Waals surface area contributed by atoms with Crippen molar-refractivity contribution in [1.29, 1.82) is 0 Å². The van der Waals surface area contributed by atoms with Crippen LogP contribution in [0, 0.1) is 0 Å². The molecule has 0 aliphatic carbocycles. The highest BCUT2D eigenvalue weighted by Crippen LogP contribution is 2.05. The minimum Gasteiger partial charge on any atom is -0.368 e. The van der Waals surface area contributed by atoms with Crippen LogP contribution in [0.15, 0.2) is 12.2 Å². The van der Waals surface area contributed by atoms with Crippen molar-refractivity contribution >= 4 is 23.6 Å². The van der Waals surface area contributed by atoms with E-state index < -0.39 is 29.2 Å². The van der Waals surface area contributed by atoms with E-state index in [1.54, 1.807) is 0 Å². The quantitative estimate of drug-likeness (QED) is 0.592. The van der Waals surface area contributed by atoms with Crippen molar-refractivity contribution in [3.05, 3.63) is 12.2 Å². The van der Waals surface area contributed by atoms with Crippen molar-refractivity contribution in [2.45, 2.75) is 25.8 Å². The first-order valence-electron chi connectivity index (χ1n) is 5.38. The fourth-order valence-corrected chi connectivity index (χ4v) is 1.34. The van der Waals surface area contributed by atoms with Crippen molar-refractivity contribution < 1.29 is 19.2 Å². The second kappa shape index (κ2) is 4.99. The number of amides is 4. The van der Waals surface area contributed by atoms with E-state index in [-0.39, 0.29) is 13.0 Å². The van der Waals surface area contributed by atoms with Crippen LogP contribution in [0.3, 0.4) is 0 Å². The Hall–Kier alpha value is -2.18. The smallest absolute Gasteiger partial charge is 0.253 e. The molecule has 1 aliphatic rings. The van der Waals surface area contributed by atoms with Gasteiger partial charge in [0.15, 0.2) is 0 Å². The maximum absolute atomic E-state index is 11.5. The molecule has 0 unspecified atom stereocenters. The first-order valence-corrected chi connectivity index (χ1v) is 5.38. The van der Waals surface area contributed by atoms with E-state index in [2.05, 4.69) is 5.32 Å². The van der Waals surface area contributed by atoms with Crippen LogP contribution in [0.1, 0.15) is 20.3 Å². The lowest BCUT2D eigenvalue weighted by Gasteiger charge is -2.22. The van der Waals surface area contributed by atoms with Gasteiger partial charge >= 0.3 is 0 Å². The molecule has 0 aromatic heterocycles. The number of primary amides is 1. The average molecular weight is 253 g/mol. The molecule has 0 saturated heterocycles. The molecular formula is C11H15N3O4. The molecule has 0 saturated carbocycles. The lowest BCUT2D eigenvalue weighted by Crippen LogP contribution is -2.53. The Labute approximate surface area is 104 Å². The van der Waals surface area contributed by atoms with E-state index >= 15 is 0 Å². The first-order chi connectivity index (χ1) is 8.24. The van der Waals surface area contributed by atoms with Gasteiger partial charge in [-0.2, -0.15) is 0 Å². The number of hydrogen-bond acceptors (Lipinski definition) is 4. The van der Waals surface area contributed by atoms with E-state index in [0.29, 0.717) is 0 Å². The van der Waals surface area contributed by atoms with Crippen LogP contribution >= 0.6 is 0 Å². The number of carbonyl (C=O) groups is 4. The standard InChI is InChI=1S/C11H15N3O4/c1-11(2,10(12)18)13-7(15)5-6-14-8(16)3-4-9(14)17/h3-4H,5-6H2,1-2H3,(H2,12,18)(H,13,15). The van der Waals surface area contributed by atoms with Crippen LogP contribution < -0.4 is 11.1 Å². The number of rotatable bonds is 5. The van der Waals surface area contributed by atoms with E-state index in [1.165, 1.54) is 13.8 Å². The third-order valence-corrected chi connectivity index (χ3v) is 2.53.